The molecular weight excluding hydrogens is 683 g/mol. The van der Waals surface area contributed by atoms with Gasteiger partial charge in [0.1, 0.15) is 16.6 Å². The van der Waals surface area contributed by atoms with E-state index in [0.29, 0.717) is 11.8 Å². The van der Waals surface area contributed by atoms with Crippen molar-refractivity contribution in [2.24, 2.45) is 11.8 Å². The molecule has 5 heteroatoms. The predicted octanol–water partition coefficient (Wildman–Crippen LogP) is 12.5. The average molecular weight is 716 g/mol. The Bertz CT molecular complexity index is 3450. The number of hydrogen-bond acceptors (Lipinski definition) is 4. The van der Waals surface area contributed by atoms with Crippen molar-refractivity contribution in [2.75, 3.05) is 0 Å². The lowest BCUT2D eigenvalue weighted by atomic mass is 9.76. The molecule has 0 amide bonds. The lowest BCUT2D eigenvalue weighted by molar-refractivity contribution is 0.585. The molecule has 10 aromatic rings. The number of allylic oxidation sites excluding steroid dienone is 8. The van der Waals surface area contributed by atoms with Gasteiger partial charge in [0, 0.05) is 24.5 Å². The number of benzene rings is 6. The third kappa shape index (κ3) is 4.55. The molecule has 2 aliphatic rings. The Labute approximate surface area is 322 Å². The maximum Gasteiger partial charge on any atom is 0.166 e. The summed E-state index contributed by atoms with van der Waals surface area (Å²) in [5.41, 5.74) is 14.6. The molecule has 0 saturated heterocycles. The van der Waals surface area contributed by atoms with Crippen LogP contribution in [0.3, 0.4) is 0 Å². The molecule has 4 aromatic heterocycles. The summed E-state index contributed by atoms with van der Waals surface area (Å²) in [5.74, 6) is 0.759. The fourth-order valence-corrected chi connectivity index (χ4v) is 9.39. The van der Waals surface area contributed by atoms with E-state index < -0.39 is 0 Å². The summed E-state index contributed by atoms with van der Waals surface area (Å²) >= 11 is 0. The molecule has 0 spiro atoms. The Morgan fingerprint density at radius 2 is 1.30 bits per heavy atom. The standard InChI is InChI=1S/C51H33N5/c1-30-25-37(27-35-11-4-5-12-38(30)35)47-40-14-7-6-13-39(40)46(36-17-16-31-9-2-3-10-32(31)26-36)41-20-18-33(28-42(41)47)34-19-21-44-43(29-34)55-51-50-49(53-23-24-54-50)48-45(56(44)51)15-8-22-52-48/h2-30,38H,1H3. The first-order valence-corrected chi connectivity index (χ1v) is 19.2. The van der Waals surface area contributed by atoms with Gasteiger partial charge in [0.15, 0.2) is 5.65 Å². The largest absolute Gasteiger partial charge is 0.289 e. The van der Waals surface area contributed by atoms with Crippen LogP contribution >= 0.6 is 0 Å². The maximum absolute atomic E-state index is 5.20. The first kappa shape index (κ1) is 31.1. The van der Waals surface area contributed by atoms with E-state index in [9.17, 15) is 0 Å². The Balaban J connectivity index is 1.13. The average Bonchev–Trinajstić information content (AvgIpc) is 3.65. The van der Waals surface area contributed by atoms with E-state index in [1.165, 1.54) is 60.2 Å². The van der Waals surface area contributed by atoms with E-state index in [2.05, 4.69) is 162 Å². The highest BCUT2D eigenvalue weighted by Crippen LogP contribution is 2.46. The number of nitrogens with zero attached hydrogens (tertiary/aromatic N) is 5. The summed E-state index contributed by atoms with van der Waals surface area (Å²) < 4.78 is 2.17. The molecule has 262 valence electrons. The van der Waals surface area contributed by atoms with Gasteiger partial charge in [-0.1, -0.05) is 122 Å². The molecule has 2 atom stereocenters. The normalized spacial score (nSPS) is 16.7. The third-order valence-electron chi connectivity index (χ3n) is 11.9. The molecule has 0 radical (unpaired) electrons. The van der Waals surface area contributed by atoms with Crippen molar-refractivity contribution in [2.45, 2.75) is 6.92 Å². The van der Waals surface area contributed by atoms with Crippen LogP contribution in [0.1, 0.15) is 12.5 Å². The van der Waals surface area contributed by atoms with Crippen molar-refractivity contribution >= 4 is 76.6 Å². The summed E-state index contributed by atoms with van der Waals surface area (Å²) in [6.07, 6.45) is 19.1. The molecule has 2 aliphatic carbocycles. The summed E-state index contributed by atoms with van der Waals surface area (Å²) in [6.45, 7) is 2.35. The van der Waals surface area contributed by atoms with Gasteiger partial charge in [-0.15, -0.1) is 0 Å². The van der Waals surface area contributed by atoms with Crippen LogP contribution in [0.25, 0.3) is 98.9 Å². The highest BCUT2D eigenvalue weighted by molar-refractivity contribution is 6.20. The highest BCUT2D eigenvalue weighted by Gasteiger charge is 2.26. The zero-order valence-corrected chi connectivity index (χ0v) is 30.6. The second-order valence-corrected chi connectivity index (χ2v) is 15.1. The van der Waals surface area contributed by atoms with E-state index in [1.807, 2.05) is 12.3 Å². The van der Waals surface area contributed by atoms with Crippen molar-refractivity contribution in [3.8, 4) is 22.3 Å². The summed E-state index contributed by atoms with van der Waals surface area (Å²) in [7, 11) is 0. The van der Waals surface area contributed by atoms with Gasteiger partial charge in [0.25, 0.3) is 0 Å². The van der Waals surface area contributed by atoms with Gasteiger partial charge >= 0.3 is 0 Å². The number of fused-ring (bicyclic) bond motifs is 12. The SMILES string of the molecule is CC1C=C(c2c3ccccc3c(-c3ccc4ccccc4c3)c3ccc(-c4ccc5c(c4)nc4c6nccnc6c6ncccc6n54)cc23)C=C2C=CC=CC21. The van der Waals surface area contributed by atoms with Gasteiger partial charge in [0.2, 0.25) is 0 Å². The number of rotatable bonds is 3. The lowest BCUT2D eigenvalue weighted by Crippen LogP contribution is -2.15. The molecular formula is C51H33N5. The van der Waals surface area contributed by atoms with Crippen LogP contribution in [0.15, 0.2) is 176 Å². The molecule has 2 unspecified atom stereocenters. The van der Waals surface area contributed by atoms with Gasteiger partial charge in [-0.3, -0.25) is 14.4 Å². The molecule has 0 saturated carbocycles. The number of hydrogen-bond donors (Lipinski definition) is 0. The lowest BCUT2D eigenvalue weighted by Gasteiger charge is -2.28. The second kappa shape index (κ2) is 11.9. The highest BCUT2D eigenvalue weighted by atomic mass is 15.0. The maximum atomic E-state index is 5.20. The van der Waals surface area contributed by atoms with Crippen LogP contribution in [0.2, 0.25) is 0 Å². The Morgan fingerprint density at radius 3 is 2.21 bits per heavy atom. The van der Waals surface area contributed by atoms with Crippen molar-refractivity contribution in [3.63, 3.8) is 0 Å². The molecule has 5 nitrogen and oxygen atoms in total. The van der Waals surface area contributed by atoms with Crippen molar-refractivity contribution < 1.29 is 0 Å². The van der Waals surface area contributed by atoms with Crippen LogP contribution in [-0.2, 0) is 0 Å². The fourth-order valence-electron chi connectivity index (χ4n) is 9.39. The van der Waals surface area contributed by atoms with E-state index in [0.717, 1.165) is 49.9 Å². The first-order valence-electron chi connectivity index (χ1n) is 19.2. The predicted molar refractivity (Wildman–Crippen MR) is 231 cm³/mol. The van der Waals surface area contributed by atoms with Gasteiger partial charge < -0.3 is 0 Å². The van der Waals surface area contributed by atoms with E-state index >= 15 is 0 Å². The first-order chi connectivity index (χ1) is 27.7. The third-order valence-corrected chi connectivity index (χ3v) is 11.9. The van der Waals surface area contributed by atoms with E-state index in [4.69, 9.17) is 15.0 Å². The van der Waals surface area contributed by atoms with Crippen LogP contribution in [-0.4, -0.2) is 24.3 Å². The van der Waals surface area contributed by atoms with Crippen LogP contribution in [0.4, 0.5) is 0 Å². The van der Waals surface area contributed by atoms with Gasteiger partial charge in [0.05, 0.1) is 16.6 Å². The Hall–Kier alpha value is -7.24. The van der Waals surface area contributed by atoms with Crippen LogP contribution < -0.4 is 0 Å². The van der Waals surface area contributed by atoms with Crippen LogP contribution in [0, 0.1) is 11.8 Å². The monoisotopic (exact) mass is 715 g/mol. The topological polar surface area (TPSA) is 56.0 Å². The summed E-state index contributed by atoms with van der Waals surface area (Å²) in [4.78, 5) is 19.3. The Kier molecular flexibility index (Phi) is 6.61. The fraction of sp³-hybridized carbons (Fsp3) is 0.0588. The number of pyridine rings is 2. The molecule has 12 rings (SSSR count). The van der Waals surface area contributed by atoms with Crippen molar-refractivity contribution in [3.05, 3.63) is 181 Å². The zero-order chi connectivity index (χ0) is 36.9. The summed E-state index contributed by atoms with van der Waals surface area (Å²) in [6, 6.07) is 42.2. The molecule has 56 heavy (non-hydrogen) atoms. The number of imidazole rings is 1. The van der Waals surface area contributed by atoms with Crippen molar-refractivity contribution in [1.82, 2.24) is 24.3 Å². The zero-order valence-electron chi connectivity index (χ0n) is 30.6. The molecule has 0 bridgehead atoms. The van der Waals surface area contributed by atoms with Crippen molar-refractivity contribution in [1.29, 1.82) is 0 Å². The smallest absolute Gasteiger partial charge is 0.166 e. The van der Waals surface area contributed by atoms with Gasteiger partial charge in [-0.05, 0) is 114 Å². The molecule has 0 N–H and O–H groups in total. The molecule has 6 aromatic carbocycles. The van der Waals surface area contributed by atoms with E-state index in [1.54, 1.807) is 12.4 Å². The minimum absolute atomic E-state index is 0.368. The quantitative estimate of drug-likeness (QED) is 0.135. The second-order valence-electron chi connectivity index (χ2n) is 15.1. The van der Waals surface area contributed by atoms with Gasteiger partial charge in [-0.25, -0.2) is 9.97 Å². The molecule has 0 fully saturated rings. The Morgan fingerprint density at radius 1 is 0.554 bits per heavy atom. The van der Waals surface area contributed by atoms with E-state index in [-0.39, 0.29) is 0 Å². The minimum Gasteiger partial charge on any atom is -0.289 e. The summed E-state index contributed by atoms with van der Waals surface area (Å²) in [5, 5.41) is 7.48. The molecule has 0 aliphatic heterocycles. The molecule has 4 heterocycles. The number of aromatic nitrogens is 5. The van der Waals surface area contributed by atoms with Gasteiger partial charge in [-0.2, -0.15) is 0 Å². The minimum atomic E-state index is 0.368. The van der Waals surface area contributed by atoms with Crippen LogP contribution in [0.5, 0.6) is 0 Å².